The van der Waals surface area contributed by atoms with E-state index in [0.29, 0.717) is 5.69 Å². The van der Waals surface area contributed by atoms with E-state index in [0.717, 1.165) is 47.9 Å². The van der Waals surface area contributed by atoms with Gasteiger partial charge in [-0.3, -0.25) is 0 Å². The Bertz CT molecular complexity index is 1690. The third-order valence-corrected chi connectivity index (χ3v) is 11.9. The first-order chi connectivity index (χ1) is 20.8. The fourth-order valence-corrected chi connectivity index (χ4v) is 9.32. The number of alkyl halides is 3. The first-order valence-corrected chi connectivity index (χ1v) is 16.8. The normalized spacial score (nSPS) is 30.0. The fourth-order valence-electron chi connectivity index (χ4n) is 8.32. The van der Waals surface area contributed by atoms with Crippen LogP contribution in [0.3, 0.4) is 0 Å². The molecule has 4 aliphatic rings. The van der Waals surface area contributed by atoms with Crippen LogP contribution in [-0.2, 0) is 10.0 Å². The maximum atomic E-state index is 14.4. The zero-order valence-corrected chi connectivity index (χ0v) is 25.6. The van der Waals surface area contributed by atoms with Crippen molar-refractivity contribution in [3.63, 3.8) is 0 Å². The maximum Gasteiger partial charge on any atom is 0.394 e. The minimum Gasteiger partial charge on any atom is -0.477 e. The summed E-state index contributed by atoms with van der Waals surface area (Å²) in [5.74, 6) is -0.764. The average Bonchev–Trinajstić information content (AvgIpc) is 3.70. The number of aryl methyl sites for hydroxylation is 2. The average molecular weight is 627 g/mol. The Morgan fingerprint density at radius 1 is 1.00 bits per heavy atom. The molecule has 3 saturated carbocycles. The highest BCUT2D eigenvalue weighted by Gasteiger charge is 2.64. The van der Waals surface area contributed by atoms with E-state index >= 15 is 0 Å². The minimum absolute atomic E-state index is 0.0190. The molecule has 3 N–H and O–H groups in total. The van der Waals surface area contributed by atoms with Gasteiger partial charge in [0.2, 0.25) is 11.8 Å². The van der Waals surface area contributed by atoms with Crippen molar-refractivity contribution in [3.8, 4) is 17.1 Å². The van der Waals surface area contributed by atoms with Gasteiger partial charge in [0.25, 0.3) is 10.0 Å². The number of hydrogen-bond donors (Lipinski definition) is 2. The number of aromatic nitrogens is 2. The summed E-state index contributed by atoms with van der Waals surface area (Å²) in [5.41, 5.74) is 8.41. The molecule has 44 heavy (non-hydrogen) atoms. The van der Waals surface area contributed by atoms with Gasteiger partial charge in [-0.15, -0.1) is 0 Å². The summed E-state index contributed by atoms with van der Waals surface area (Å²) in [7, 11) is -4.12. The summed E-state index contributed by atoms with van der Waals surface area (Å²) in [4.78, 5) is 8.95. The Hall–Kier alpha value is -3.18. The van der Waals surface area contributed by atoms with Crippen molar-refractivity contribution in [2.45, 2.75) is 81.8 Å². The number of halogens is 3. The Kier molecular flexibility index (Phi) is 6.82. The van der Waals surface area contributed by atoms with Crippen LogP contribution in [0.4, 0.5) is 19.1 Å². The van der Waals surface area contributed by atoms with Gasteiger partial charge in [0, 0.05) is 23.6 Å². The van der Waals surface area contributed by atoms with Gasteiger partial charge in [-0.2, -0.15) is 18.2 Å². The van der Waals surface area contributed by atoms with Crippen LogP contribution >= 0.6 is 0 Å². The molecule has 1 aromatic heterocycles. The number of sulfonamides is 1. The van der Waals surface area contributed by atoms with Crippen molar-refractivity contribution in [1.82, 2.24) is 9.97 Å². The molecule has 4 bridgehead atoms. The fraction of sp³-hybridized carbons (Fsp3) is 0.515. The summed E-state index contributed by atoms with van der Waals surface area (Å²) in [5, 5.41) is 0. The number of benzene rings is 2. The van der Waals surface area contributed by atoms with Crippen molar-refractivity contribution in [2.24, 2.45) is 28.4 Å². The summed E-state index contributed by atoms with van der Waals surface area (Å²) < 4.78 is 79.4. The predicted octanol–water partition coefficient (Wildman–Crippen LogP) is 6.90. The minimum atomic E-state index is -4.32. The number of fused-ring (bicyclic) bond motifs is 4. The van der Waals surface area contributed by atoms with E-state index in [2.05, 4.69) is 14.7 Å². The Balaban J connectivity index is 1.34. The highest BCUT2D eigenvalue weighted by molar-refractivity contribution is 7.92. The van der Waals surface area contributed by atoms with Crippen molar-refractivity contribution >= 4 is 16.0 Å². The van der Waals surface area contributed by atoms with Crippen LogP contribution in [0.15, 0.2) is 53.4 Å². The van der Waals surface area contributed by atoms with Gasteiger partial charge in [-0.05, 0) is 105 Å². The van der Waals surface area contributed by atoms with Crippen LogP contribution in [0, 0.1) is 36.5 Å². The van der Waals surface area contributed by atoms with Gasteiger partial charge in [-0.1, -0.05) is 30.3 Å². The molecular weight excluding hydrogens is 589 g/mol. The van der Waals surface area contributed by atoms with Crippen LogP contribution in [0.2, 0.25) is 0 Å². The van der Waals surface area contributed by atoms with E-state index in [1.54, 1.807) is 18.2 Å². The second kappa shape index (κ2) is 10.2. The molecule has 3 fully saturated rings. The molecule has 0 radical (unpaired) electrons. The topological polar surface area (TPSA) is 107 Å². The van der Waals surface area contributed by atoms with Gasteiger partial charge >= 0.3 is 6.18 Å². The SMILES string of the molecule is Cc1cccc(C)c1-c1cc2nc(n1)NS(=O)(=O)c1cccc(c1)C(C1CC3(CC(N)C3)C1)[C@H](CC1(C(F)(F)F)CC1)CO2. The van der Waals surface area contributed by atoms with Crippen molar-refractivity contribution in [2.75, 3.05) is 11.3 Å². The van der Waals surface area contributed by atoms with Gasteiger partial charge in [0.15, 0.2) is 0 Å². The van der Waals surface area contributed by atoms with E-state index in [1.807, 2.05) is 38.1 Å². The van der Waals surface area contributed by atoms with Crippen molar-refractivity contribution in [3.05, 3.63) is 65.2 Å². The molecular formula is C33H37F3N4O3S. The molecule has 0 amide bonds. The summed E-state index contributed by atoms with van der Waals surface area (Å²) >= 11 is 0. The molecule has 3 aliphatic carbocycles. The molecule has 234 valence electrons. The summed E-state index contributed by atoms with van der Waals surface area (Å²) in [6.07, 6.45) is -0.641. The highest BCUT2D eigenvalue weighted by atomic mass is 32.2. The lowest BCUT2D eigenvalue weighted by atomic mass is 9.46. The second-order valence-corrected chi connectivity index (χ2v) is 15.5. The summed E-state index contributed by atoms with van der Waals surface area (Å²) in [6.45, 7) is 3.89. The molecule has 1 aliphatic heterocycles. The van der Waals surface area contributed by atoms with Gasteiger partial charge in [0.05, 0.1) is 22.6 Å². The quantitative estimate of drug-likeness (QED) is 0.326. The van der Waals surface area contributed by atoms with E-state index in [-0.39, 0.29) is 65.9 Å². The third kappa shape index (κ3) is 5.15. The van der Waals surface area contributed by atoms with Crippen LogP contribution in [0.1, 0.15) is 67.6 Å². The first kappa shape index (κ1) is 29.5. The lowest BCUT2D eigenvalue weighted by Gasteiger charge is -2.59. The smallest absolute Gasteiger partial charge is 0.394 e. The predicted molar refractivity (Wildman–Crippen MR) is 161 cm³/mol. The molecule has 2 atom stereocenters. The lowest BCUT2D eigenvalue weighted by molar-refractivity contribution is -0.194. The largest absolute Gasteiger partial charge is 0.477 e. The highest BCUT2D eigenvalue weighted by Crippen LogP contribution is 2.66. The number of ether oxygens (including phenoxy) is 1. The van der Waals surface area contributed by atoms with E-state index in [4.69, 9.17) is 10.5 Å². The lowest BCUT2D eigenvalue weighted by Crippen LogP contribution is -2.55. The first-order valence-electron chi connectivity index (χ1n) is 15.3. The molecule has 7 nitrogen and oxygen atoms in total. The molecule has 1 unspecified atom stereocenters. The van der Waals surface area contributed by atoms with E-state index < -0.39 is 27.5 Å². The van der Waals surface area contributed by atoms with Gasteiger partial charge < -0.3 is 10.5 Å². The maximum absolute atomic E-state index is 14.4. The monoisotopic (exact) mass is 626 g/mol. The number of anilines is 1. The van der Waals surface area contributed by atoms with Crippen LogP contribution < -0.4 is 15.2 Å². The summed E-state index contributed by atoms with van der Waals surface area (Å²) in [6, 6.07) is 14.3. The van der Waals surface area contributed by atoms with Crippen LogP contribution in [0.5, 0.6) is 5.88 Å². The molecule has 3 aromatic rings. The Morgan fingerprint density at radius 3 is 2.32 bits per heavy atom. The zero-order valence-electron chi connectivity index (χ0n) is 24.8. The second-order valence-electron chi connectivity index (χ2n) is 13.8. The van der Waals surface area contributed by atoms with E-state index in [1.165, 1.54) is 6.07 Å². The zero-order chi connectivity index (χ0) is 31.1. The third-order valence-electron chi connectivity index (χ3n) is 10.6. The van der Waals surface area contributed by atoms with Crippen molar-refractivity contribution < 1.29 is 26.3 Å². The van der Waals surface area contributed by atoms with Gasteiger partial charge in [-0.25, -0.2) is 18.1 Å². The van der Waals surface area contributed by atoms with Crippen molar-refractivity contribution in [1.29, 1.82) is 0 Å². The van der Waals surface area contributed by atoms with Crippen LogP contribution in [0.25, 0.3) is 11.3 Å². The van der Waals surface area contributed by atoms with E-state index in [9.17, 15) is 21.6 Å². The van der Waals surface area contributed by atoms with Gasteiger partial charge in [0.1, 0.15) is 0 Å². The van der Waals surface area contributed by atoms with Crippen LogP contribution in [-0.4, -0.2) is 37.2 Å². The number of rotatable bonds is 4. The molecule has 0 saturated heterocycles. The molecule has 2 heterocycles. The number of nitrogens with zero attached hydrogens (tertiary/aromatic N) is 2. The Labute approximate surface area is 255 Å². The molecule has 7 rings (SSSR count). The standard InChI is InChI=1S/C33H37F3N4O3S/c1-19-5-3-6-20(2)28(19)26-12-27-39-30(38-26)40-44(41,42)25-8-4-7-21(11-25)29(22-13-31(14-22)16-24(37)17-31)23(18-43-27)15-32(9-10-32)33(34,35)36/h3-8,11-12,22-24,29H,9-10,13-18,37H2,1-2H3,(H,38,39,40)/t22?,23-,24?,29?,31?/m1/s1. The number of hydrogen-bond acceptors (Lipinski definition) is 6. The number of nitrogens with two attached hydrogens (primary N) is 1. The molecule has 1 spiro atoms. The molecule has 11 heteroatoms. The Morgan fingerprint density at radius 2 is 1.68 bits per heavy atom. The molecule has 2 aromatic carbocycles. The number of nitrogens with one attached hydrogen (secondary N) is 1.